The van der Waals surface area contributed by atoms with Gasteiger partial charge in [0, 0.05) is 5.02 Å². The molecular formula is C14H16ClNO4. The first-order valence-corrected chi connectivity index (χ1v) is 6.66. The molecule has 1 fully saturated rings. The fourth-order valence-electron chi connectivity index (χ4n) is 2.06. The van der Waals surface area contributed by atoms with E-state index in [1.165, 1.54) is 0 Å². The molecule has 2 rings (SSSR count). The monoisotopic (exact) mass is 297 g/mol. The highest BCUT2D eigenvalue weighted by atomic mass is 35.5. The molecule has 0 spiro atoms. The molecule has 1 unspecified atom stereocenters. The highest BCUT2D eigenvalue weighted by Crippen LogP contribution is 2.48. The number of benzene rings is 1. The number of hydrogen-bond acceptors (Lipinski definition) is 3. The summed E-state index contributed by atoms with van der Waals surface area (Å²) in [5.74, 6) is -1.65. The summed E-state index contributed by atoms with van der Waals surface area (Å²) in [5, 5.41) is 21.5. The van der Waals surface area contributed by atoms with E-state index in [9.17, 15) is 14.7 Å². The average molecular weight is 298 g/mol. The lowest BCUT2D eigenvalue weighted by atomic mass is 9.94. The molecule has 1 amide bonds. The van der Waals surface area contributed by atoms with Gasteiger partial charge in [0.25, 0.3) is 0 Å². The summed E-state index contributed by atoms with van der Waals surface area (Å²) >= 11 is 5.93. The topological polar surface area (TPSA) is 86.6 Å². The second-order valence-electron chi connectivity index (χ2n) is 5.35. The fourth-order valence-corrected chi connectivity index (χ4v) is 2.25. The Labute approximate surface area is 121 Å². The fraction of sp³-hybridized carbons (Fsp3) is 0.429. The average Bonchev–Trinajstić information content (AvgIpc) is 3.17. The molecule has 0 saturated heterocycles. The van der Waals surface area contributed by atoms with Crippen molar-refractivity contribution in [3.05, 3.63) is 34.9 Å². The summed E-state index contributed by atoms with van der Waals surface area (Å²) in [4.78, 5) is 23.0. The van der Waals surface area contributed by atoms with Crippen LogP contribution in [-0.4, -0.2) is 34.2 Å². The third-order valence-corrected chi connectivity index (χ3v) is 3.85. The molecule has 1 atom stereocenters. The second kappa shape index (κ2) is 5.07. The van der Waals surface area contributed by atoms with Gasteiger partial charge in [-0.1, -0.05) is 23.7 Å². The first-order valence-electron chi connectivity index (χ1n) is 6.28. The van der Waals surface area contributed by atoms with Crippen LogP contribution in [0.4, 0.5) is 0 Å². The maximum Gasteiger partial charge on any atom is 0.337 e. The molecule has 0 aliphatic heterocycles. The minimum Gasteiger partial charge on any atom is -0.479 e. The van der Waals surface area contributed by atoms with Crippen LogP contribution >= 0.6 is 11.6 Å². The Morgan fingerprint density at radius 3 is 2.60 bits per heavy atom. The van der Waals surface area contributed by atoms with Crippen LogP contribution in [0.1, 0.15) is 25.3 Å². The highest BCUT2D eigenvalue weighted by Gasteiger charge is 2.51. The summed E-state index contributed by atoms with van der Waals surface area (Å²) in [6.07, 6.45) is 1.38. The third kappa shape index (κ3) is 2.78. The van der Waals surface area contributed by atoms with Gasteiger partial charge in [-0.25, -0.2) is 4.79 Å². The number of carboxylic acid groups (broad SMARTS) is 1. The standard InChI is InChI=1S/C14H16ClNO4/c1-13(20,12(18)19)8-16-11(17)14(5-6-14)9-3-2-4-10(15)7-9/h2-4,7,20H,5-6,8H2,1H3,(H,16,17)(H,18,19). The van der Waals surface area contributed by atoms with E-state index in [0.717, 1.165) is 12.5 Å². The molecule has 0 radical (unpaired) electrons. The normalized spacial score (nSPS) is 18.9. The van der Waals surface area contributed by atoms with Crippen molar-refractivity contribution in [2.45, 2.75) is 30.8 Å². The summed E-state index contributed by atoms with van der Waals surface area (Å²) in [5.41, 5.74) is -1.79. The SMILES string of the molecule is CC(O)(CNC(=O)C1(c2cccc(Cl)c2)CC1)C(=O)O. The molecule has 0 aromatic heterocycles. The van der Waals surface area contributed by atoms with Gasteiger partial charge in [-0.3, -0.25) is 4.79 Å². The van der Waals surface area contributed by atoms with Gasteiger partial charge in [0.2, 0.25) is 5.91 Å². The predicted molar refractivity (Wildman–Crippen MR) is 73.6 cm³/mol. The molecule has 3 N–H and O–H groups in total. The molecular weight excluding hydrogens is 282 g/mol. The van der Waals surface area contributed by atoms with Crippen molar-refractivity contribution >= 4 is 23.5 Å². The molecule has 1 aromatic carbocycles. The van der Waals surface area contributed by atoms with Crippen LogP contribution in [-0.2, 0) is 15.0 Å². The van der Waals surface area contributed by atoms with Crippen LogP contribution in [0.3, 0.4) is 0 Å². The molecule has 1 aliphatic rings. The van der Waals surface area contributed by atoms with Gasteiger partial charge < -0.3 is 15.5 Å². The number of hydrogen-bond donors (Lipinski definition) is 3. The van der Waals surface area contributed by atoms with E-state index in [4.69, 9.17) is 16.7 Å². The Kier molecular flexibility index (Phi) is 3.75. The van der Waals surface area contributed by atoms with Crippen molar-refractivity contribution < 1.29 is 19.8 Å². The van der Waals surface area contributed by atoms with E-state index in [2.05, 4.69) is 5.32 Å². The van der Waals surface area contributed by atoms with Crippen molar-refractivity contribution in [2.24, 2.45) is 0 Å². The zero-order valence-corrected chi connectivity index (χ0v) is 11.8. The minimum atomic E-state index is -1.97. The van der Waals surface area contributed by atoms with Crippen LogP contribution in [0.5, 0.6) is 0 Å². The maximum absolute atomic E-state index is 12.3. The van der Waals surface area contributed by atoms with Crippen molar-refractivity contribution in [1.82, 2.24) is 5.32 Å². The Morgan fingerprint density at radius 2 is 2.10 bits per heavy atom. The van der Waals surface area contributed by atoms with E-state index >= 15 is 0 Å². The molecule has 1 aliphatic carbocycles. The van der Waals surface area contributed by atoms with Crippen LogP contribution in [0, 0.1) is 0 Å². The van der Waals surface area contributed by atoms with Crippen LogP contribution in [0.15, 0.2) is 24.3 Å². The van der Waals surface area contributed by atoms with E-state index in [-0.39, 0.29) is 12.5 Å². The van der Waals surface area contributed by atoms with Crippen molar-refractivity contribution in [2.75, 3.05) is 6.54 Å². The van der Waals surface area contributed by atoms with Crippen molar-refractivity contribution in [3.63, 3.8) is 0 Å². The largest absolute Gasteiger partial charge is 0.479 e. The first kappa shape index (κ1) is 14.8. The number of carbonyl (C=O) groups is 2. The molecule has 20 heavy (non-hydrogen) atoms. The summed E-state index contributed by atoms with van der Waals surface area (Å²) in [7, 11) is 0. The van der Waals surface area contributed by atoms with Gasteiger partial charge >= 0.3 is 5.97 Å². The number of carbonyl (C=O) groups excluding carboxylic acids is 1. The quantitative estimate of drug-likeness (QED) is 0.765. The van der Waals surface area contributed by atoms with E-state index in [1.54, 1.807) is 18.2 Å². The molecule has 108 valence electrons. The Morgan fingerprint density at radius 1 is 1.45 bits per heavy atom. The van der Waals surface area contributed by atoms with E-state index in [0.29, 0.717) is 17.9 Å². The number of amides is 1. The Balaban J connectivity index is 2.08. The van der Waals surface area contributed by atoms with Crippen molar-refractivity contribution in [1.29, 1.82) is 0 Å². The highest BCUT2D eigenvalue weighted by molar-refractivity contribution is 6.30. The van der Waals surface area contributed by atoms with Gasteiger partial charge in [0.05, 0.1) is 12.0 Å². The third-order valence-electron chi connectivity index (χ3n) is 3.62. The van der Waals surface area contributed by atoms with Crippen LogP contribution < -0.4 is 5.32 Å². The van der Waals surface area contributed by atoms with Gasteiger partial charge in [-0.15, -0.1) is 0 Å². The number of aliphatic hydroxyl groups is 1. The zero-order valence-electron chi connectivity index (χ0n) is 11.0. The molecule has 5 nitrogen and oxygen atoms in total. The second-order valence-corrected chi connectivity index (χ2v) is 5.79. The first-order chi connectivity index (χ1) is 9.28. The lowest BCUT2D eigenvalue weighted by molar-refractivity contribution is -0.156. The Hall–Kier alpha value is -1.59. The molecule has 1 aromatic rings. The summed E-state index contributed by atoms with van der Waals surface area (Å²) in [6.45, 7) is 0.818. The summed E-state index contributed by atoms with van der Waals surface area (Å²) in [6, 6.07) is 7.07. The number of rotatable bonds is 5. The van der Waals surface area contributed by atoms with Crippen molar-refractivity contribution in [3.8, 4) is 0 Å². The smallest absolute Gasteiger partial charge is 0.337 e. The van der Waals surface area contributed by atoms with Crippen LogP contribution in [0.25, 0.3) is 0 Å². The lowest BCUT2D eigenvalue weighted by Crippen LogP contribution is -2.48. The van der Waals surface area contributed by atoms with Gasteiger partial charge in [-0.2, -0.15) is 0 Å². The van der Waals surface area contributed by atoms with Gasteiger partial charge in [-0.05, 0) is 37.5 Å². The summed E-state index contributed by atoms with van der Waals surface area (Å²) < 4.78 is 0. The van der Waals surface area contributed by atoms with E-state index < -0.39 is 17.0 Å². The van der Waals surface area contributed by atoms with Gasteiger partial charge in [0.15, 0.2) is 5.60 Å². The van der Waals surface area contributed by atoms with Gasteiger partial charge in [0.1, 0.15) is 0 Å². The number of aliphatic carboxylic acids is 1. The number of nitrogens with one attached hydrogen (secondary N) is 1. The molecule has 6 heteroatoms. The predicted octanol–water partition coefficient (Wildman–Crippen LogP) is 1.32. The maximum atomic E-state index is 12.3. The molecule has 0 heterocycles. The number of carboxylic acids is 1. The lowest BCUT2D eigenvalue weighted by Gasteiger charge is -2.21. The number of halogens is 1. The molecule has 0 bridgehead atoms. The van der Waals surface area contributed by atoms with Crippen LogP contribution in [0.2, 0.25) is 5.02 Å². The minimum absolute atomic E-state index is 0.277. The molecule has 1 saturated carbocycles. The van der Waals surface area contributed by atoms with E-state index in [1.807, 2.05) is 6.07 Å². The Bertz CT molecular complexity index is 552. The zero-order chi connectivity index (χ0) is 15.0.